The number of H-pyrrole nitrogens is 1. The standard InChI is InChI=1S/C10H13N3O2/c1-2-14-15-6-8-7-5-12-4-3-9(7)13-10(8)11/h3-5,13H,2,6,11H2,1H3. The van der Waals surface area contributed by atoms with Crippen molar-refractivity contribution in [3.05, 3.63) is 24.0 Å². The molecule has 0 aliphatic heterocycles. The molecule has 0 saturated carbocycles. The summed E-state index contributed by atoms with van der Waals surface area (Å²) in [7, 11) is 0. The zero-order valence-electron chi connectivity index (χ0n) is 8.49. The van der Waals surface area contributed by atoms with Crippen LogP contribution in [0.15, 0.2) is 18.5 Å². The van der Waals surface area contributed by atoms with Gasteiger partial charge in [-0.05, 0) is 13.0 Å². The smallest absolute Gasteiger partial charge is 0.111 e. The topological polar surface area (TPSA) is 73.2 Å². The third-order valence-electron chi connectivity index (χ3n) is 2.15. The largest absolute Gasteiger partial charge is 0.385 e. The first-order valence-corrected chi connectivity index (χ1v) is 4.77. The maximum atomic E-state index is 5.82. The minimum atomic E-state index is 0.325. The van der Waals surface area contributed by atoms with Gasteiger partial charge >= 0.3 is 0 Å². The number of hydrogen-bond acceptors (Lipinski definition) is 4. The van der Waals surface area contributed by atoms with Crippen molar-refractivity contribution in [1.29, 1.82) is 0 Å². The van der Waals surface area contributed by atoms with Crippen molar-refractivity contribution in [3.63, 3.8) is 0 Å². The highest BCUT2D eigenvalue weighted by Crippen LogP contribution is 2.23. The Labute approximate surface area is 87.1 Å². The maximum absolute atomic E-state index is 5.82. The average molecular weight is 207 g/mol. The number of rotatable bonds is 4. The third kappa shape index (κ3) is 1.93. The van der Waals surface area contributed by atoms with Crippen LogP contribution in [0.2, 0.25) is 0 Å². The van der Waals surface area contributed by atoms with E-state index in [1.807, 2.05) is 13.0 Å². The van der Waals surface area contributed by atoms with Crippen LogP contribution >= 0.6 is 0 Å². The summed E-state index contributed by atoms with van der Waals surface area (Å²) in [4.78, 5) is 16.9. The second-order valence-corrected chi connectivity index (χ2v) is 3.11. The Morgan fingerprint density at radius 3 is 3.13 bits per heavy atom. The van der Waals surface area contributed by atoms with Crippen LogP contribution in [0.1, 0.15) is 12.5 Å². The molecule has 15 heavy (non-hydrogen) atoms. The second kappa shape index (κ2) is 4.29. The summed E-state index contributed by atoms with van der Waals surface area (Å²) in [5, 5.41) is 0.967. The fourth-order valence-corrected chi connectivity index (χ4v) is 1.45. The molecule has 2 aromatic heterocycles. The van der Waals surface area contributed by atoms with Crippen LogP contribution in [-0.2, 0) is 16.4 Å². The van der Waals surface area contributed by atoms with Crippen molar-refractivity contribution < 1.29 is 9.78 Å². The number of nitrogen functional groups attached to an aromatic ring is 1. The quantitative estimate of drug-likeness (QED) is 0.454. The molecule has 0 spiro atoms. The van der Waals surface area contributed by atoms with E-state index < -0.39 is 0 Å². The van der Waals surface area contributed by atoms with Crippen molar-refractivity contribution in [2.75, 3.05) is 12.3 Å². The number of nitrogens with two attached hydrogens (primary N) is 1. The summed E-state index contributed by atoms with van der Waals surface area (Å²) in [5.41, 5.74) is 7.65. The fourth-order valence-electron chi connectivity index (χ4n) is 1.45. The lowest BCUT2D eigenvalue weighted by atomic mass is 10.2. The number of anilines is 1. The van der Waals surface area contributed by atoms with Gasteiger partial charge in [-0.1, -0.05) is 0 Å². The van der Waals surface area contributed by atoms with Gasteiger partial charge in [0.05, 0.1) is 12.1 Å². The number of aromatic nitrogens is 2. The van der Waals surface area contributed by atoms with Crippen molar-refractivity contribution >= 4 is 16.7 Å². The number of fused-ring (bicyclic) bond motifs is 1. The Hall–Kier alpha value is -1.59. The SMILES string of the molecule is CCOOCc1c(N)[nH]c2ccncc12. The van der Waals surface area contributed by atoms with Crippen LogP contribution in [0.3, 0.4) is 0 Å². The molecule has 0 radical (unpaired) electrons. The highest BCUT2D eigenvalue weighted by Gasteiger charge is 2.09. The molecule has 0 fully saturated rings. The Morgan fingerprint density at radius 1 is 1.47 bits per heavy atom. The van der Waals surface area contributed by atoms with Gasteiger partial charge in [-0.2, -0.15) is 0 Å². The van der Waals surface area contributed by atoms with E-state index in [1.165, 1.54) is 0 Å². The van der Waals surface area contributed by atoms with Gasteiger partial charge in [0.25, 0.3) is 0 Å². The molecule has 0 bridgehead atoms. The molecule has 5 heteroatoms. The van der Waals surface area contributed by atoms with E-state index >= 15 is 0 Å². The summed E-state index contributed by atoms with van der Waals surface area (Å²) in [5.74, 6) is 0.595. The second-order valence-electron chi connectivity index (χ2n) is 3.11. The summed E-state index contributed by atoms with van der Waals surface area (Å²) in [6, 6.07) is 1.87. The molecule has 0 aromatic carbocycles. The molecular weight excluding hydrogens is 194 g/mol. The third-order valence-corrected chi connectivity index (χ3v) is 2.15. The molecule has 2 heterocycles. The predicted octanol–water partition coefficient (Wildman–Crippen LogP) is 1.61. The molecule has 0 unspecified atom stereocenters. The zero-order chi connectivity index (χ0) is 10.7. The molecule has 0 aliphatic carbocycles. The Kier molecular flexibility index (Phi) is 2.84. The van der Waals surface area contributed by atoms with Gasteiger partial charge in [0.2, 0.25) is 0 Å². The van der Waals surface area contributed by atoms with Crippen molar-refractivity contribution in [2.45, 2.75) is 13.5 Å². The van der Waals surface area contributed by atoms with Gasteiger partial charge in [0.15, 0.2) is 0 Å². The van der Waals surface area contributed by atoms with Gasteiger partial charge in [-0.25, -0.2) is 9.78 Å². The normalized spacial score (nSPS) is 11.0. The first-order valence-electron chi connectivity index (χ1n) is 4.77. The summed E-state index contributed by atoms with van der Waals surface area (Å²) < 4.78 is 0. The van der Waals surface area contributed by atoms with Crippen LogP contribution in [0, 0.1) is 0 Å². The highest BCUT2D eigenvalue weighted by atomic mass is 17.2. The monoisotopic (exact) mass is 207 g/mol. The van der Waals surface area contributed by atoms with E-state index in [0.29, 0.717) is 19.0 Å². The molecule has 3 N–H and O–H groups in total. The van der Waals surface area contributed by atoms with E-state index in [9.17, 15) is 0 Å². The summed E-state index contributed by atoms with van der Waals surface area (Å²) in [6.07, 6.45) is 3.47. The van der Waals surface area contributed by atoms with Crippen molar-refractivity contribution in [2.24, 2.45) is 0 Å². The first-order chi connectivity index (χ1) is 7.33. The zero-order valence-corrected chi connectivity index (χ0v) is 8.49. The molecule has 0 saturated heterocycles. The van der Waals surface area contributed by atoms with Crippen LogP contribution in [0.5, 0.6) is 0 Å². The highest BCUT2D eigenvalue weighted by molar-refractivity contribution is 5.87. The first kappa shape index (κ1) is 9.95. The molecule has 80 valence electrons. The molecule has 5 nitrogen and oxygen atoms in total. The van der Waals surface area contributed by atoms with E-state index in [0.717, 1.165) is 16.5 Å². The number of nitrogens with one attached hydrogen (secondary N) is 1. The van der Waals surface area contributed by atoms with E-state index in [-0.39, 0.29) is 0 Å². The number of aromatic amines is 1. The molecule has 2 rings (SSSR count). The minimum absolute atomic E-state index is 0.325. The molecule has 2 aromatic rings. The number of pyridine rings is 1. The maximum Gasteiger partial charge on any atom is 0.111 e. The lowest BCUT2D eigenvalue weighted by Gasteiger charge is -2.01. The predicted molar refractivity (Wildman–Crippen MR) is 56.9 cm³/mol. The van der Waals surface area contributed by atoms with Gasteiger partial charge in [-0.3, -0.25) is 4.98 Å². The Balaban J connectivity index is 2.28. The lowest BCUT2D eigenvalue weighted by molar-refractivity contribution is -0.300. The van der Waals surface area contributed by atoms with Gasteiger partial charge in [-0.15, -0.1) is 0 Å². The van der Waals surface area contributed by atoms with Crippen molar-refractivity contribution in [3.8, 4) is 0 Å². The average Bonchev–Trinajstić information content (AvgIpc) is 2.56. The van der Waals surface area contributed by atoms with Gasteiger partial charge in [0, 0.05) is 23.3 Å². The molecule has 0 amide bonds. The Morgan fingerprint density at radius 2 is 2.33 bits per heavy atom. The molecule has 0 atom stereocenters. The number of hydrogen-bond donors (Lipinski definition) is 2. The molecule has 0 aliphatic rings. The van der Waals surface area contributed by atoms with E-state index in [4.69, 9.17) is 15.5 Å². The number of nitrogens with zero attached hydrogens (tertiary/aromatic N) is 1. The van der Waals surface area contributed by atoms with Crippen molar-refractivity contribution in [1.82, 2.24) is 9.97 Å². The van der Waals surface area contributed by atoms with Crippen LogP contribution in [-0.4, -0.2) is 16.6 Å². The fraction of sp³-hybridized carbons (Fsp3) is 0.300. The van der Waals surface area contributed by atoms with Crippen LogP contribution in [0.4, 0.5) is 5.82 Å². The van der Waals surface area contributed by atoms with E-state index in [1.54, 1.807) is 12.4 Å². The van der Waals surface area contributed by atoms with Gasteiger partial charge < -0.3 is 10.7 Å². The van der Waals surface area contributed by atoms with E-state index in [2.05, 4.69) is 9.97 Å². The summed E-state index contributed by atoms with van der Waals surface area (Å²) in [6.45, 7) is 2.70. The Bertz CT molecular complexity index is 453. The van der Waals surface area contributed by atoms with Crippen LogP contribution in [0.25, 0.3) is 10.9 Å². The lowest BCUT2D eigenvalue weighted by Crippen LogP contribution is -1.97. The summed E-state index contributed by atoms with van der Waals surface area (Å²) >= 11 is 0. The molecular formula is C10H13N3O2. The van der Waals surface area contributed by atoms with Crippen LogP contribution < -0.4 is 5.73 Å². The van der Waals surface area contributed by atoms with Gasteiger partial charge in [0.1, 0.15) is 12.4 Å². The minimum Gasteiger partial charge on any atom is -0.385 e.